The van der Waals surface area contributed by atoms with Crippen molar-refractivity contribution >= 4 is 66.5 Å². The predicted octanol–water partition coefficient (Wildman–Crippen LogP) is 6.28. The first-order valence-corrected chi connectivity index (χ1v) is 12.5. The Kier molecular flexibility index (Phi) is 5.98. The molecule has 0 fully saturated rings. The molecule has 2 N–H and O–H groups in total. The number of hydrogen-bond acceptors (Lipinski definition) is 2. The number of nitrogens with one attached hydrogen (secondary N) is 2. The molecule has 1 aromatic carbocycles. The van der Waals surface area contributed by atoms with Crippen molar-refractivity contribution in [2.45, 2.75) is 0 Å². The van der Waals surface area contributed by atoms with E-state index in [1.54, 1.807) is 0 Å². The van der Waals surface area contributed by atoms with Gasteiger partial charge in [-0.15, -0.1) is 0 Å². The van der Waals surface area contributed by atoms with Crippen LogP contribution in [0.5, 0.6) is 0 Å². The molecule has 6 heteroatoms. The maximum atomic E-state index is 4.63. The Morgan fingerprint density at radius 2 is 0.875 bits per heavy atom. The number of aromatic amines is 2. The van der Waals surface area contributed by atoms with Gasteiger partial charge in [0.1, 0.15) is 0 Å². The number of benzene rings is 1. The summed E-state index contributed by atoms with van der Waals surface area (Å²) >= 11 is 4.60. The molecule has 0 saturated heterocycles. The van der Waals surface area contributed by atoms with E-state index in [0.29, 0.717) is 0 Å². The number of halogens is 1. The van der Waals surface area contributed by atoms with Gasteiger partial charge in [-0.25, -0.2) is 9.97 Å². The van der Waals surface area contributed by atoms with Gasteiger partial charge in [0.15, 0.2) is 0 Å². The van der Waals surface area contributed by atoms with Gasteiger partial charge in [-0.1, -0.05) is 0 Å². The summed E-state index contributed by atoms with van der Waals surface area (Å²) in [6.45, 7) is 0. The van der Waals surface area contributed by atoms with Gasteiger partial charge in [-0.2, -0.15) is 0 Å². The Morgan fingerprint density at radius 3 is 1.19 bits per heavy atom. The molecule has 0 aliphatic carbocycles. The van der Waals surface area contributed by atoms with Crippen molar-refractivity contribution in [1.82, 2.24) is 19.9 Å². The molecule has 0 saturated carbocycles. The van der Waals surface area contributed by atoms with Crippen LogP contribution in [0, 0.1) is 0 Å². The fraction of sp³-hybridized carbons (Fsp3) is 0. The Labute approximate surface area is 204 Å². The van der Waals surface area contributed by atoms with E-state index < -0.39 is 0 Å². The quantitative estimate of drug-likeness (QED) is 0.227. The summed E-state index contributed by atoms with van der Waals surface area (Å²) < 4.78 is 2.59. The van der Waals surface area contributed by atoms with Crippen molar-refractivity contribution in [3.63, 3.8) is 0 Å². The topological polar surface area (TPSA) is 57.4 Å². The van der Waals surface area contributed by atoms with Crippen molar-refractivity contribution in [2.24, 2.45) is 0 Å². The molecule has 0 spiro atoms. The zero-order chi connectivity index (χ0) is 21.9. The van der Waals surface area contributed by atoms with Crippen LogP contribution in [0.3, 0.4) is 0 Å². The predicted molar refractivity (Wildman–Crippen MR) is 133 cm³/mol. The third-order valence-electron chi connectivity index (χ3n) is 4.96. The van der Waals surface area contributed by atoms with E-state index in [-0.39, 0.29) is 0 Å². The molecule has 32 heavy (non-hydrogen) atoms. The molecule has 0 unspecified atom stereocenters. The van der Waals surface area contributed by atoms with E-state index in [0.717, 1.165) is 49.3 Å². The molecular formula is C26H18BrN4Zn. The van der Waals surface area contributed by atoms with Crippen molar-refractivity contribution in [3.8, 4) is 0 Å². The fourth-order valence-electron chi connectivity index (χ4n) is 3.43. The van der Waals surface area contributed by atoms with Gasteiger partial charge in [0, 0.05) is 22.1 Å². The van der Waals surface area contributed by atoms with Crippen molar-refractivity contribution in [3.05, 3.63) is 100 Å². The van der Waals surface area contributed by atoms with Crippen molar-refractivity contribution < 1.29 is 18.3 Å². The van der Waals surface area contributed by atoms with Gasteiger partial charge in [0.05, 0.1) is 22.8 Å². The van der Waals surface area contributed by atoms with Crippen LogP contribution in [-0.2, 0) is 18.3 Å². The van der Waals surface area contributed by atoms with Gasteiger partial charge < -0.3 is 9.97 Å². The van der Waals surface area contributed by atoms with Crippen molar-refractivity contribution in [2.75, 3.05) is 0 Å². The molecule has 4 aromatic rings. The number of H-pyrrole nitrogens is 2. The Balaban J connectivity index is 0.000000230. The van der Waals surface area contributed by atoms with E-state index in [2.05, 4.69) is 84.4 Å². The van der Waals surface area contributed by atoms with Gasteiger partial charge in [0.25, 0.3) is 0 Å². The molecule has 4 nitrogen and oxygen atoms in total. The molecule has 3 aromatic heterocycles. The van der Waals surface area contributed by atoms with Gasteiger partial charge in [-0.3, -0.25) is 0 Å². The zero-order valence-corrected chi connectivity index (χ0v) is 21.8. The van der Waals surface area contributed by atoms with Crippen molar-refractivity contribution in [1.29, 1.82) is 0 Å². The minimum absolute atomic E-state index is 0.939. The third-order valence-corrected chi connectivity index (χ3v) is 6.47. The van der Waals surface area contributed by atoms with E-state index in [1.165, 1.54) is 22.5 Å². The molecule has 5 heterocycles. The van der Waals surface area contributed by atoms with Crippen LogP contribution >= 0.6 is 15.9 Å². The van der Waals surface area contributed by atoms with Crippen LogP contribution in [-0.4, -0.2) is 19.9 Å². The van der Waals surface area contributed by atoms with Crippen LogP contribution in [0.1, 0.15) is 22.8 Å². The van der Waals surface area contributed by atoms with E-state index >= 15 is 0 Å². The SMILES string of the molecule is C1=Cc2cc3ccc(cc4nc(cc5ccc(cc1n2)[nH]5)C=C4)[nH]3.[Zn][c]1ccc(Br)cc1. The summed E-state index contributed by atoms with van der Waals surface area (Å²) in [6.07, 6.45) is 8.09. The molecule has 8 bridgehead atoms. The van der Waals surface area contributed by atoms with Gasteiger partial charge >= 0.3 is 67.1 Å². The van der Waals surface area contributed by atoms with Crippen LogP contribution in [0.25, 0.3) is 46.4 Å². The molecule has 6 rings (SSSR count). The standard InChI is InChI=1S/C20H14N4.C6H4Br.Zn/c1-2-14-10-16-5-6-18(23-16)12-20-8-7-19(24-20)11-17-4-3-15(22-17)9-13(1)21-14;7-6-4-2-1-3-5-6;/h1-12,21,24H;2-5H;. The number of hydrogen-bond donors (Lipinski definition) is 2. The summed E-state index contributed by atoms with van der Waals surface area (Å²) in [5, 5.41) is 0. The average molecular weight is 532 g/mol. The van der Waals surface area contributed by atoms with Crippen LogP contribution in [0.2, 0.25) is 0 Å². The Bertz CT molecular complexity index is 1300. The summed E-state index contributed by atoms with van der Waals surface area (Å²) in [5.41, 5.74) is 7.86. The van der Waals surface area contributed by atoms with E-state index in [1.807, 2.05) is 48.6 Å². The number of rotatable bonds is 0. The molecule has 151 valence electrons. The summed E-state index contributed by atoms with van der Waals surface area (Å²) in [4.78, 5) is 16.0. The summed E-state index contributed by atoms with van der Waals surface area (Å²) in [6, 6.07) is 24.8. The van der Waals surface area contributed by atoms with Gasteiger partial charge in [0.2, 0.25) is 0 Å². The minimum atomic E-state index is 0.939. The molecule has 0 amide bonds. The Hall–Kier alpha value is -3.08. The van der Waals surface area contributed by atoms with Crippen LogP contribution in [0.4, 0.5) is 0 Å². The third kappa shape index (κ3) is 5.21. The fourth-order valence-corrected chi connectivity index (χ4v) is 4.19. The zero-order valence-electron chi connectivity index (χ0n) is 17.2. The molecule has 0 atom stereocenters. The first kappa shape index (κ1) is 20.8. The normalized spacial score (nSPS) is 11.8. The first-order valence-electron chi connectivity index (χ1n) is 10.2. The maximum absolute atomic E-state index is 4.63. The summed E-state index contributed by atoms with van der Waals surface area (Å²) in [5.74, 6) is 0. The van der Waals surface area contributed by atoms with Gasteiger partial charge in [-0.05, 0) is 72.8 Å². The molecular weight excluding hydrogens is 514 g/mol. The average Bonchev–Trinajstić information content (AvgIpc) is 3.57. The molecule has 2 aliphatic heterocycles. The van der Waals surface area contributed by atoms with E-state index in [9.17, 15) is 0 Å². The van der Waals surface area contributed by atoms with Crippen LogP contribution < -0.4 is 4.16 Å². The summed E-state index contributed by atoms with van der Waals surface area (Å²) in [7, 11) is 0. The van der Waals surface area contributed by atoms with E-state index in [4.69, 9.17) is 0 Å². The second-order valence-electron chi connectivity index (χ2n) is 7.53. The number of nitrogens with zero attached hydrogens (tertiary/aromatic N) is 2. The Morgan fingerprint density at radius 1 is 0.531 bits per heavy atom. The molecule has 2 aliphatic rings. The monoisotopic (exact) mass is 529 g/mol. The van der Waals surface area contributed by atoms with Crippen LogP contribution in [0.15, 0.2) is 77.3 Å². The molecule has 0 radical (unpaired) electrons. The second-order valence-corrected chi connectivity index (χ2v) is 10.2. The first-order chi connectivity index (χ1) is 15.6. The number of aromatic nitrogens is 4. The number of fused-ring (bicyclic) bond motifs is 8. The second kappa shape index (κ2) is 9.19.